The summed E-state index contributed by atoms with van der Waals surface area (Å²) in [6, 6.07) is 0. The van der Waals surface area contributed by atoms with E-state index in [0.717, 1.165) is 11.1 Å². The molecule has 2 aliphatic rings. The average Bonchev–Trinajstić information content (AvgIpc) is 2.91. The molecule has 1 aliphatic carbocycles. The number of carbonyl (C=O) groups excluding carboxylic acids is 1. The van der Waals surface area contributed by atoms with Crippen molar-refractivity contribution in [1.82, 2.24) is 4.98 Å². The third-order valence-corrected chi connectivity index (χ3v) is 2.35. The minimum absolute atomic E-state index is 0.0421. The monoisotopic (exact) mass is 216 g/mol. The molecule has 0 amide bonds. The molecule has 0 aromatic carbocycles. The van der Waals surface area contributed by atoms with Gasteiger partial charge >= 0.3 is 0 Å². The van der Waals surface area contributed by atoms with Crippen molar-refractivity contribution in [2.24, 2.45) is 4.99 Å². The van der Waals surface area contributed by atoms with Crippen LogP contribution >= 0.6 is 11.3 Å². The van der Waals surface area contributed by atoms with Gasteiger partial charge in [0.2, 0.25) is 0 Å². The maximum absolute atomic E-state index is 10.8. The van der Waals surface area contributed by atoms with Crippen LogP contribution in [0.2, 0.25) is 0 Å². The number of hydrogen-bond donors (Lipinski definition) is 0. The molecule has 2 heterocycles. The van der Waals surface area contributed by atoms with Crippen molar-refractivity contribution in [3.63, 3.8) is 0 Å². The molecule has 0 saturated heterocycles. The van der Waals surface area contributed by atoms with Crippen molar-refractivity contribution in [2.75, 3.05) is 0 Å². The number of thiazole rings is 1. The van der Waals surface area contributed by atoms with Crippen LogP contribution in [-0.4, -0.2) is 17.0 Å². The predicted octanol–water partition coefficient (Wildman–Crippen LogP) is 2.16. The van der Waals surface area contributed by atoms with Gasteiger partial charge in [0.25, 0.3) is 0 Å². The summed E-state index contributed by atoms with van der Waals surface area (Å²) in [5.74, 6) is 0.0421. The Kier molecular flexibility index (Phi) is 2.99. The summed E-state index contributed by atoms with van der Waals surface area (Å²) < 4.78 is 0. The van der Waals surface area contributed by atoms with Gasteiger partial charge in [0, 0.05) is 35.1 Å². The van der Waals surface area contributed by atoms with Crippen molar-refractivity contribution in [3.8, 4) is 0 Å². The second kappa shape index (κ2) is 4.61. The van der Waals surface area contributed by atoms with Crippen LogP contribution in [0.3, 0.4) is 0 Å². The van der Waals surface area contributed by atoms with Gasteiger partial charge in [-0.05, 0) is 18.2 Å². The van der Waals surface area contributed by atoms with Gasteiger partial charge in [-0.3, -0.25) is 14.8 Å². The number of nitrogens with zero attached hydrogens (tertiary/aromatic N) is 2. The summed E-state index contributed by atoms with van der Waals surface area (Å²) in [4.78, 5) is 18.4. The molecule has 1 aliphatic heterocycles. The highest BCUT2D eigenvalue weighted by molar-refractivity contribution is 7.07. The van der Waals surface area contributed by atoms with E-state index in [4.69, 9.17) is 0 Å². The maximum Gasteiger partial charge on any atom is 0.179 e. The lowest BCUT2D eigenvalue weighted by molar-refractivity contribution is -0.110. The molecule has 74 valence electrons. The highest BCUT2D eigenvalue weighted by Crippen LogP contribution is 2.18. The van der Waals surface area contributed by atoms with Gasteiger partial charge in [0.05, 0.1) is 5.51 Å². The van der Waals surface area contributed by atoms with E-state index < -0.39 is 0 Å². The first-order valence-corrected chi connectivity index (χ1v) is 5.30. The van der Waals surface area contributed by atoms with E-state index in [9.17, 15) is 4.79 Å². The molecule has 3 nitrogen and oxygen atoms in total. The molecule has 1 aromatic rings. The van der Waals surface area contributed by atoms with Crippen molar-refractivity contribution in [3.05, 3.63) is 52.7 Å². The lowest BCUT2D eigenvalue weighted by Gasteiger charge is -1.99. The van der Waals surface area contributed by atoms with Gasteiger partial charge in [-0.25, -0.2) is 0 Å². The Morgan fingerprint density at radius 1 is 1.20 bits per heavy atom. The molecule has 0 fully saturated rings. The summed E-state index contributed by atoms with van der Waals surface area (Å²) in [7, 11) is 0. The first-order valence-electron chi connectivity index (χ1n) is 4.36. The fourth-order valence-corrected chi connectivity index (χ4v) is 1.51. The fraction of sp³-hybridized carbons (Fsp3) is 0. The second-order valence-corrected chi connectivity index (χ2v) is 3.63. The SMILES string of the molecule is O=C1C=CC2=CN=CC2=C1.c1cscn1. The fourth-order valence-electron chi connectivity index (χ4n) is 1.16. The van der Waals surface area contributed by atoms with Gasteiger partial charge < -0.3 is 0 Å². The molecule has 0 atom stereocenters. The van der Waals surface area contributed by atoms with Crippen LogP contribution in [0, 0.1) is 0 Å². The number of rotatable bonds is 0. The van der Waals surface area contributed by atoms with E-state index in [1.807, 2.05) is 5.38 Å². The third kappa shape index (κ3) is 2.57. The quantitative estimate of drug-likeness (QED) is 0.667. The molecule has 1 aromatic heterocycles. The first kappa shape index (κ1) is 9.73. The largest absolute Gasteiger partial charge is 0.290 e. The van der Waals surface area contributed by atoms with Gasteiger partial charge in [0.15, 0.2) is 5.78 Å². The summed E-state index contributed by atoms with van der Waals surface area (Å²) >= 11 is 1.60. The maximum atomic E-state index is 10.8. The summed E-state index contributed by atoms with van der Waals surface area (Å²) in [6.07, 6.45) is 10.1. The predicted molar refractivity (Wildman–Crippen MR) is 60.9 cm³/mol. The zero-order valence-electron chi connectivity index (χ0n) is 7.83. The molecule has 0 unspecified atom stereocenters. The van der Waals surface area contributed by atoms with E-state index in [2.05, 4.69) is 9.98 Å². The molecule has 0 bridgehead atoms. The Bertz CT molecular complexity index is 450. The van der Waals surface area contributed by atoms with Crippen LogP contribution in [-0.2, 0) is 4.79 Å². The van der Waals surface area contributed by atoms with Gasteiger partial charge in [-0.2, -0.15) is 0 Å². The Labute approximate surface area is 91.2 Å². The zero-order valence-corrected chi connectivity index (χ0v) is 8.65. The minimum atomic E-state index is 0.0421. The van der Waals surface area contributed by atoms with Crippen molar-refractivity contribution < 1.29 is 4.79 Å². The van der Waals surface area contributed by atoms with Crippen LogP contribution in [0.5, 0.6) is 0 Å². The molecule has 3 rings (SSSR count). The molecule has 15 heavy (non-hydrogen) atoms. The second-order valence-electron chi connectivity index (χ2n) is 2.87. The summed E-state index contributed by atoms with van der Waals surface area (Å²) in [5, 5.41) is 1.93. The third-order valence-electron chi connectivity index (χ3n) is 1.83. The number of carbonyl (C=O) groups is 1. The Balaban J connectivity index is 0.000000144. The van der Waals surface area contributed by atoms with Gasteiger partial charge in [0.1, 0.15) is 0 Å². The number of fused-ring (bicyclic) bond motifs is 1. The highest BCUT2D eigenvalue weighted by Gasteiger charge is 2.10. The lowest BCUT2D eigenvalue weighted by atomic mass is 10.0. The van der Waals surface area contributed by atoms with Crippen LogP contribution < -0.4 is 0 Å². The highest BCUT2D eigenvalue weighted by atomic mass is 32.1. The van der Waals surface area contributed by atoms with Crippen molar-refractivity contribution >= 4 is 23.3 Å². The van der Waals surface area contributed by atoms with Gasteiger partial charge in [-0.1, -0.05) is 0 Å². The Morgan fingerprint density at radius 2 is 2.13 bits per heavy atom. The van der Waals surface area contributed by atoms with Crippen molar-refractivity contribution in [1.29, 1.82) is 0 Å². The van der Waals surface area contributed by atoms with Crippen LogP contribution in [0.4, 0.5) is 0 Å². The number of aliphatic imine (C=N–C) groups is 1. The smallest absolute Gasteiger partial charge is 0.179 e. The molecular weight excluding hydrogens is 208 g/mol. The van der Waals surface area contributed by atoms with Crippen LogP contribution in [0.15, 0.2) is 57.7 Å². The molecule has 4 heteroatoms. The van der Waals surface area contributed by atoms with E-state index >= 15 is 0 Å². The van der Waals surface area contributed by atoms with Crippen molar-refractivity contribution in [2.45, 2.75) is 0 Å². The number of ketones is 1. The Hall–Kier alpha value is -1.81. The van der Waals surface area contributed by atoms with Crippen LogP contribution in [0.25, 0.3) is 0 Å². The van der Waals surface area contributed by atoms with E-state index in [-0.39, 0.29) is 5.78 Å². The van der Waals surface area contributed by atoms with Gasteiger partial charge in [-0.15, -0.1) is 11.3 Å². The lowest BCUT2D eigenvalue weighted by Crippen LogP contribution is -1.97. The molecule has 0 radical (unpaired) electrons. The minimum Gasteiger partial charge on any atom is -0.290 e. The van der Waals surface area contributed by atoms with E-state index in [1.54, 1.807) is 53.7 Å². The normalized spacial score (nSPS) is 16.4. The molecule has 0 saturated carbocycles. The topological polar surface area (TPSA) is 42.3 Å². The van der Waals surface area contributed by atoms with E-state index in [0.29, 0.717) is 0 Å². The molecular formula is C11H8N2OS. The molecule has 0 N–H and O–H groups in total. The van der Waals surface area contributed by atoms with Crippen LogP contribution in [0.1, 0.15) is 0 Å². The Morgan fingerprint density at radius 3 is 2.80 bits per heavy atom. The summed E-state index contributed by atoms with van der Waals surface area (Å²) in [6.45, 7) is 0. The zero-order chi connectivity index (χ0) is 10.5. The number of allylic oxidation sites excluding steroid dienone is 5. The van der Waals surface area contributed by atoms with E-state index in [1.165, 1.54) is 0 Å². The standard InChI is InChI=1S/C8H5NO.C3H3NS/c10-8-2-1-6-4-9-5-7(6)3-8;1-2-5-3-4-1/h1-5H;1-3H. The number of aromatic nitrogens is 1. The first-order chi connectivity index (χ1) is 7.36. The summed E-state index contributed by atoms with van der Waals surface area (Å²) in [5.41, 5.74) is 3.74. The average molecular weight is 216 g/mol. The molecule has 0 spiro atoms. The number of hydrogen-bond acceptors (Lipinski definition) is 4.